The van der Waals surface area contributed by atoms with Gasteiger partial charge in [-0.3, -0.25) is 9.89 Å². The van der Waals surface area contributed by atoms with Gasteiger partial charge in [-0.15, -0.1) is 0 Å². The Hall–Kier alpha value is -2.83. The number of hydrogen-bond acceptors (Lipinski definition) is 4. The molecule has 0 bridgehead atoms. The van der Waals surface area contributed by atoms with Gasteiger partial charge in [0.05, 0.1) is 18.7 Å². The van der Waals surface area contributed by atoms with Gasteiger partial charge in [-0.2, -0.15) is 5.10 Å². The first-order valence-electron chi connectivity index (χ1n) is 8.84. The van der Waals surface area contributed by atoms with Crippen LogP contribution in [0.25, 0.3) is 10.9 Å². The largest absolute Gasteiger partial charge is 0.497 e. The summed E-state index contributed by atoms with van der Waals surface area (Å²) in [7, 11) is 3.63. The number of fused-ring (bicyclic) bond motifs is 1. The number of benzene rings is 1. The molecule has 2 aromatic heterocycles. The van der Waals surface area contributed by atoms with Gasteiger partial charge in [0.25, 0.3) is 5.91 Å². The zero-order valence-corrected chi connectivity index (χ0v) is 15.5. The van der Waals surface area contributed by atoms with Crippen molar-refractivity contribution in [2.75, 3.05) is 13.7 Å². The number of aryl methyl sites for hydroxylation is 2. The van der Waals surface area contributed by atoms with Crippen molar-refractivity contribution in [1.82, 2.24) is 24.6 Å². The highest BCUT2D eigenvalue weighted by molar-refractivity contribution is 6.09. The minimum Gasteiger partial charge on any atom is -0.497 e. The average Bonchev–Trinajstić information content (AvgIpc) is 3.34. The highest BCUT2D eigenvalue weighted by atomic mass is 16.5. The lowest BCUT2D eigenvalue weighted by atomic mass is 10.1. The number of methoxy groups -OCH3 is 1. The molecule has 0 radical (unpaired) electrons. The van der Waals surface area contributed by atoms with Crippen molar-refractivity contribution >= 4 is 16.8 Å². The van der Waals surface area contributed by atoms with Crippen molar-refractivity contribution in [1.29, 1.82) is 0 Å². The lowest BCUT2D eigenvalue weighted by molar-refractivity contribution is 0.0731. The summed E-state index contributed by atoms with van der Waals surface area (Å²) in [5.74, 6) is 2.25. The van der Waals surface area contributed by atoms with Crippen LogP contribution in [0.5, 0.6) is 5.75 Å². The van der Waals surface area contributed by atoms with Crippen LogP contribution >= 0.6 is 0 Å². The van der Waals surface area contributed by atoms with E-state index in [2.05, 4.69) is 19.7 Å². The normalized spacial score (nSPS) is 17.2. The lowest BCUT2D eigenvalue weighted by Gasteiger charge is -2.23. The summed E-state index contributed by atoms with van der Waals surface area (Å²) in [6.07, 6.45) is 1.84. The Kier molecular flexibility index (Phi) is 3.94. The maximum Gasteiger partial charge on any atom is 0.256 e. The molecule has 1 aliphatic rings. The molecule has 4 rings (SSSR count). The third kappa shape index (κ3) is 2.46. The maximum atomic E-state index is 13.5. The van der Waals surface area contributed by atoms with Gasteiger partial charge < -0.3 is 14.2 Å². The molecule has 7 heteroatoms. The molecule has 3 heterocycles. The van der Waals surface area contributed by atoms with E-state index in [-0.39, 0.29) is 11.9 Å². The second kappa shape index (κ2) is 6.16. The first kappa shape index (κ1) is 16.6. The Morgan fingerprint density at radius 1 is 1.35 bits per heavy atom. The SMILES string of the molecule is COc1ccc2c(c1)c(C(=O)N1CCC[C@H]1c1n[nH]c(C)n1)c(C)n2C. The molecule has 0 saturated carbocycles. The van der Waals surface area contributed by atoms with E-state index < -0.39 is 0 Å². The molecule has 0 unspecified atom stereocenters. The summed E-state index contributed by atoms with van der Waals surface area (Å²) >= 11 is 0. The molecule has 1 amide bonds. The van der Waals surface area contributed by atoms with Crippen LogP contribution in [0.15, 0.2) is 18.2 Å². The number of ether oxygens (including phenoxy) is 1. The standard InChI is InChI=1S/C19H23N5O2/c1-11-17(14-10-13(26-4)7-8-15(14)23(11)3)19(25)24-9-5-6-16(24)18-20-12(2)21-22-18/h7-8,10,16H,5-6,9H2,1-4H3,(H,20,21,22)/t16-/m0/s1. The molecular weight excluding hydrogens is 330 g/mol. The molecule has 1 atom stereocenters. The molecule has 1 N–H and O–H groups in total. The minimum absolute atomic E-state index is 0.0336. The molecule has 7 nitrogen and oxygen atoms in total. The predicted molar refractivity (Wildman–Crippen MR) is 98.3 cm³/mol. The first-order chi connectivity index (χ1) is 12.5. The molecule has 1 saturated heterocycles. The lowest BCUT2D eigenvalue weighted by Crippen LogP contribution is -2.31. The summed E-state index contributed by atoms with van der Waals surface area (Å²) in [6.45, 7) is 4.58. The monoisotopic (exact) mass is 353 g/mol. The van der Waals surface area contributed by atoms with Crippen LogP contribution < -0.4 is 4.74 Å². The molecule has 0 spiro atoms. The van der Waals surface area contributed by atoms with Crippen LogP contribution in [0.4, 0.5) is 0 Å². The fraction of sp³-hybridized carbons (Fsp3) is 0.421. The maximum absolute atomic E-state index is 13.5. The predicted octanol–water partition coefficient (Wildman–Crippen LogP) is 2.90. The van der Waals surface area contributed by atoms with Crippen LogP contribution in [0, 0.1) is 13.8 Å². The quantitative estimate of drug-likeness (QED) is 0.785. The Morgan fingerprint density at radius 3 is 2.85 bits per heavy atom. The Bertz CT molecular complexity index is 987. The van der Waals surface area contributed by atoms with Crippen molar-refractivity contribution < 1.29 is 9.53 Å². The number of likely N-dealkylation sites (tertiary alicyclic amines) is 1. The summed E-state index contributed by atoms with van der Waals surface area (Å²) in [4.78, 5) is 19.8. The van der Waals surface area contributed by atoms with Crippen molar-refractivity contribution in [2.45, 2.75) is 32.7 Å². The minimum atomic E-state index is -0.0762. The number of amides is 1. The number of nitrogens with one attached hydrogen (secondary N) is 1. The molecule has 26 heavy (non-hydrogen) atoms. The number of rotatable bonds is 3. The number of aromatic nitrogens is 4. The molecular formula is C19H23N5O2. The zero-order chi connectivity index (χ0) is 18.4. The molecule has 0 aliphatic carbocycles. The van der Waals surface area contributed by atoms with Gasteiger partial charge in [-0.1, -0.05) is 0 Å². The second-order valence-electron chi connectivity index (χ2n) is 6.84. The van der Waals surface area contributed by atoms with E-state index in [1.54, 1.807) is 7.11 Å². The Morgan fingerprint density at radius 2 is 2.15 bits per heavy atom. The van der Waals surface area contributed by atoms with E-state index in [1.807, 2.05) is 44.0 Å². The smallest absolute Gasteiger partial charge is 0.256 e. The van der Waals surface area contributed by atoms with Gasteiger partial charge in [0.1, 0.15) is 11.6 Å². The zero-order valence-electron chi connectivity index (χ0n) is 15.5. The fourth-order valence-corrected chi connectivity index (χ4v) is 3.88. The number of aromatic amines is 1. The third-order valence-electron chi connectivity index (χ3n) is 5.34. The Labute approximate surface area is 152 Å². The summed E-state index contributed by atoms with van der Waals surface area (Å²) in [5, 5.41) is 8.09. The van der Waals surface area contributed by atoms with Crippen LogP contribution in [0.3, 0.4) is 0 Å². The average molecular weight is 353 g/mol. The van der Waals surface area contributed by atoms with Crippen LogP contribution in [0.1, 0.15) is 46.6 Å². The summed E-state index contributed by atoms with van der Waals surface area (Å²) < 4.78 is 7.43. The van der Waals surface area contributed by atoms with Gasteiger partial charge >= 0.3 is 0 Å². The molecule has 136 valence electrons. The number of H-pyrrole nitrogens is 1. The third-order valence-corrected chi connectivity index (χ3v) is 5.34. The number of nitrogens with zero attached hydrogens (tertiary/aromatic N) is 4. The molecule has 3 aromatic rings. The first-order valence-corrected chi connectivity index (χ1v) is 8.84. The van der Waals surface area contributed by atoms with Gasteiger partial charge in [-0.25, -0.2) is 4.98 Å². The van der Waals surface area contributed by atoms with E-state index in [4.69, 9.17) is 4.74 Å². The van der Waals surface area contributed by atoms with Gasteiger partial charge in [0.2, 0.25) is 0 Å². The van der Waals surface area contributed by atoms with E-state index in [0.717, 1.165) is 53.1 Å². The van der Waals surface area contributed by atoms with E-state index >= 15 is 0 Å². The van der Waals surface area contributed by atoms with Crippen LogP contribution in [-0.2, 0) is 7.05 Å². The van der Waals surface area contributed by atoms with Gasteiger partial charge in [-0.05, 0) is 44.9 Å². The highest BCUT2D eigenvalue weighted by Crippen LogP contribution is 2.35. The van der Waals surface area contributed by atoms with E-state index in [9.17, 15) is 4.79 Å². The number of carbonyl (C=O) groups is 1. The number of carbonyl (C=O) groups excluding carboxylic acids is 1. The van der Waals surface area contributed by atoms with Crippen molar-refractivity contribution in [2.24, 2.45) is 7.05 Å². The van der Waals surface area contributed by atoms with Gasteiger partial charge in [0.15, 0.2) is 5.82 Å². The van der Waals surface area contributed by atoms with E-state index in [0.29, 0.717) is 5.82 Å². The van der Waals surface area contributed by atoms with E-state index in [1.165, 1.54) is 0 Å². The summed E-state index contributed by atoms with van der Waals surface area (Å²) in [5.41, 5.74) is 2.71. The topological polar surface area (TPSA) is 76.0 Å². The molecule has 1 fully saturated rings. The molecule has 1 aliphatic heterocycles. The highest BCUT2D eigenvalue weighted by Gasteiger charge is 2.35. The van der Waals surface area contributed by atoms with Gasteiger partial charge in [0, 0.05) is 30.2 Å². The van der Waals surface area contributed by atoms with Crippen molar-refractivity contribution in [3.8, 4) is 5.75 Å². The van der Waals surface area contributed by atoms with Crippen molar-refractivity contribution in [3.63, 3.8) is 0 Å². The van der Waals surface area contributed by atoms with Crippen LogP contribution in [0.2, 0.25) is 0 Å². The second-order valence-corrected chi connectivity index (χ2v) is 6.84. The number of hydrogen-bond donors (Lipinski definition) is 1. The summed E-state index contributed by atoms with van der Waals surface area (Å²) in [6, 6.07) is 5.79. The Balaban J connectivity index is 1.79. The fourth-order valence-electron chi connectivity index (χ4n) is 3.88. The molecule has 1 aromatic carbocycles. The van der Waals surface area contributed by atoms with Crippen molar-refractivity contribution in [3.05, 3.63) is 41.1 Å². The van der Waals surface area contributed by atoms with Crippen LogP contribution in [-0.4, -0.2) is 44.2 Å².